The lowest BCUT2D eigenvalue weighted by Crippen LogP contribution is -2.43. The first kappa shape index (κ1) is 18.0. The number of amides is 1. The lowest BCUT2D eigenvalue weighted by atomic mass is 9.94. The fourth-order valence-corrected chi connectivity index (χ4v) is 3.27. The smallest absolute Gasteiger partial charge is 0.267 e. The Morgan fingerprint density at radius 3 is 2.77 bits per heavy atom. The predicted molar refractivity (Wildman–Crippen MR) is 96.1 cm³/mol. The molecule has 138 valence electrons. The molecule has 1 saturated heterocycles. The predicted octanol–water partition coefficient (Wildman–Crippen LogP) is 0.658. The van der Waals surface area contributed by atoms with Gasteiger partial charge in [0.15, 0.2) is 0 Å². The summed E-state index contributed by atoms with van der Waals surface area (Å²) in [6.45, 7) is 6.43. The van der Waals surface area contributed by atoms with Crippen LogP contribution in [0.3, 0.4) is 0 Å². The third-order valence-electron chi connectivity index (χ3n) is 4.79. The number of rotatable bonds is 3. The van der Waals surface area contributed by atoms with E-state index in [0.29, 0.717) is 24.6 Å². The Bertz CT molecular complexity index is 947. The van der Waals surface area contributed by atoms with Gasteiger partial charge in [0.1, 0.15) is 12.4 Å². The molecule has 26 heavy (non-hydrogen) atoms. The van der Waals surface area contributed by atoms with Gasteiger partial charge in [0, 0.05) is 31.1 Å². The first-order chi connectivity index (χ1) is 12.3. The van der Waals surface area contributed by atoms with E-state index in [1.165, 1.54) is 16.8 Å². The molecule has 1 aliphatic heterocycles. The lowest BCUT2D eigenvalue weighted by Gasteiger charge is -2.32. The molecule has 2 aromatic heterocycles. The highest BCUT2D eigenvalue weighted by molar-refractivity contribution is 5.76. The highest BCUT2D eigenvalue weighted by Crippen LogP contribution is 2.25. The van der Waals surface area contributed by atoms with Crippen LogP contribution in [0.15, 0.2) is 21.7 Å². The van der Waals surface area contributed by atoms with Crippen molar-refractivity contribution in [2.24, 2.45) is 0 Å². The van der Waals surface area contributed by atoms with Crippen molar-refractivity contribution < 1.29 is 4.79 Å². The maximum absolute atomic E-state index is 12.7. The van der Waals surface area contributed by atoms with Gasteiger partial charge < -0.3 is 9.88 Å². The standard InChI is InChI=1S/C18H23N5O3/c1-11-7-17(25)23(21-12(11)2)10-18(26)22-6-4-5-14(9-22)15-8-16(24)20-13(3)19-15/h7-8,14H,4-6,9-10H2,1-3H3,(H,19,20,24)/t14-/m1/s1. The average Bonchev–Trinajstić information content (AvgIpc) is 2.59. The van der Waals surface area contributed by atoms with E-state index in [4.69, 9.17) is 0 Å². The first-order valence-electron chi connectivity index (χ1n) is 8.74. The zero-order valence-electron chi connectivity index (χ0n) is 15.3. The zero-order valence-corrected chi connectivity index (χ0v) is 15.3. The summed E-state index contributed by atoms with van der Waals surface area (Å²) >= 11 is 0. The van der Waals surface area contributed by atoms with Gasteiger partial charge in [-0.25, -0.2) is 9.67 Å². The molecule has 3 rings (SSSR count). The summed E-state index contributed by atoms with van der Waals surface area (Å²) in [4.78, 5) is 45.2. The average molecular weight is 357 g/mol. The van der Waals surface area contributed by atoms with Crippen molar-refractivity contribution in [2.75, 3.05) is 13.1 Å². The molecule has 0 aromatic carbocycles. The van der Waals surface area contributed by atoms with E-state index in [1.54, 1.807) is 11.8 Å². The Labute approximate surface area is 150 Å². The van der Waals surface area contributed by atoms with Crippen molar-refractivity contribution >= 4 is 5.91 Å². The van der Waals surface area contributed by atoms with Crippen LogP contribution in [0.1, 0.15) is 41.5 Å². The Morgan fingerprint density at radius 2 is 2.04 bits per heavy atom. The van der Waals surface area contributed by atoms with Gasteiger partial charge in [-0.15, -0.1) is 0 Å². The third kappa shape index (κ3) is 3.89. The van der Waals surface area contributed by atoms with Crippen LogP contribution in [0.25, 0.3) is 0 Å². The third-order valence-corrected chi connectivity index (χ3v) is 4.79. The molecule has 1 N–H and O–H groups in total. The number of H-pyrrole nitrogens is 1. The molecule has 2 aromatic rings. The highest BCUT2D eigenvalue weighted by Gasteiger charge is 2.26. The number of piperidine rings is 1. The topological polar surface area (TPSA) is 101 Å². The molecule has 1 amide bonds. The summed E-state index contributed by atoms with van der Waals surface area (Å²) in [5, 5.41) is 4.21. The van der Waals surface area contributed by atoms with Gasteiger partial charge >= 0.3 is 0 Å². The number of hydrogen-bond acceptors (Lipinski definition) is 5. The monoisotopic (exact) mass is 357 g/mol. The highest BCUT2D eigenvalue weighted by atomic mass is 16.2. The molecule has 8 nitrogen and oxygen atoms in total. The Hall–Kier alpha value is -2.77. The second-order valence-electron chi connectivity index (χ2n) is 6.84. The summed E-state index contributed by atoms with van der Waals surface area (Å²) in [6, 6.07) is 3.00. The van der Waals surface area contributed by atoms with Crippen LogP contribution >= 0.6 is 0 Å². The molecule has 1 atom stereocenters. The van der Waals surface area contributed by atoms with E-state index in [1.807, 2.05) is 13.8 Å². The molecule has 0 unspecified atom stereocenters. The number of likely N-dealkylation sites (tertiary alicyclic amines) is 1. The number of carbonyl (C=O) groups excluding carboxylic acids is 1. The lowest BCUT2D eigenvalue weighted by molar-refractivity contribution is -0.133. The fourth-order valence-electron chi connectivity index (χ4n) is 3.27. The van der Waals surface area contributed by atoms with Gasteiger partial charge in [-0.2, -0.15) is 5.10 Å². The summed E-state index contributed by atoms with van der Waals surface area (Å²) in [5.41, 5.74) is 1.80. The number of carbonyl (C=O) groups is 1. The van der Waals surface area contributed by atoms with Crippen molar-refractivity contribution in [1.82, 2.24) is 24.6 Å². The fraction of sp³-hybridized carbons (Fsp3) is 0.500. The van der Waals surface area contributed by atoms with Crippen molar-refractivity contribution in [1.29, 1.82) is 0 Å². The van der Waals surface area contributed by atoms with Crippen LogP contribution in [0.2, 0.25) is 0 Å². The second kappa shape index (κ2) is 7.23. The van der Waals surface area contributed by atoms with Gasteiger partial charge in [0.2, 0.25) is 5.91 Å². The van der Waals surface area contributed by atoms with E-state index in [-0.39, 0.29) is 29.5 Å². The van der Waals surface area contributed by atoms with E-state index in [9.17, 15) is 14.4 Å². The largest absolute Gasteiger partial charge is 0.340 e. The molecule has 3 heterocycles. The van der Waals surface area contributed by atoms with Gasteiger partial charge in [-0.1, -0.05) is 0 Å². The molecule has 0 bridgehead atoms. The van der Waals surface area contributed by atoms with Gasteiger partial charge in [0.25, 0.3) is 11.1 Å². The van der Waals surface area contributed by atoms with Crippen molar-refractivity contribution in [3.63, 3.8) is 0 Å². The maximum Gasteiger partial charge on any atom is 0.267 e. The quantitative estimate of drug-likeness (QED) is 0.869. The zero-order chi connectivity index (χ0) is 18.8. The normalized spacial score (nSPS) is 17.3. The van der Waals surface area contributed by atoms with Crippen LogP contribution in [0.5, 0.6) is 0 Å². The van der Waals surface area contributed by atoms with Crippen LogP contribution < -0.4 is 11.1 Å². The van der Waals surface area contributed by atoms with Crippen molar-refractivity contribution in [3.05, 3.63) is 55.6 Å². The Kier molecular flexibility index (Phi) is 5.01. The number of aromatic amines is 1. The number of hydrogen-bond donors (Lipinski definition) is 1. The van der Waals surface area contributed by atoms with Gasteiger partial charge in [-0.05, 0) is 39.2 Å². The first-order valence-corrected chi connectivity index (χ1v) is 8.74. The molecule has 0 spiro atoms. The Morgan fingerprint density at radius 1 is 1.27 bits per heavy atom. The summed E-state index contributed by atoms with van der Waals surface area (Å²) in [6.07, 6.45) is 1.71. The van der Waals surface area contributed by atoms with Gasteiger partial charge in [-0.3, -0.25) is 14.4 Å². The molecular weight excluding hydrogens is 334 g/mol. The molecule has 8 heteroatoms. The molecule has 0 radical (unpaired) electrons. The minimum atomic E-state index is -0.276. The summed E-state index contributed by atoms with van der Waals surface area (Å²) in [5.74, 6) is 0.453. The minimum Gasteiger partial charge on any atom is -0.340 e. The summed E-state index contributed by atoms with van der Waals surface area (Å²) < 4.78 is 1.21. The molecule has 1 aliphatic rings. The van der Waals surface area contributed by atoms with Gasteiger partial charge in [0.05, 0.1) is 11.4 Å². The van der Waals surface area contributed by atoms with Crippen LogP contribution in [0, 0.1) is 20.8 Å². The number of nitrogens with one attached hydrogen (secondary N) is 1. The minimum absolute atomic E-state index is 0.0261. The maximum atomic E-state index is 12.7. The molecule has 0 aliphatic carbocycles. The van der Waals surface area contributed by atoms with Crippen molar-refractivity contribution in [2.45, 2.75) is 46.1 Å². The summed E-state index contributed by atoms with van der Waals surface area (Å²) in [7, 11) is 0. The molecule has 0 saturated carbocycles. The van der Waals surface area contributed by atoms with E-state index in [0.717, 1.165) is 24.1 Å². The number of nitrogens with zero attached hydrogens (tertiary/aromatic N) is 4. The van der Waals surface area contributed by atoms with Crippen LogP contribution in [0.4, 0.5) is 0 Å². The van der Waals surface area contributed by atoms with E-state index < -0.39 is 0 Å². The second-order valence-corrected chi connectivity index (χ2v) is 6.84. The number of aryl methyl sites for hydroxylation is 3. The van der Waals surface area contributed by atoms with E-state index >= 15 is 0 Å². The van der Waals surface area contributed by atoms with Crippen LogP contribution in [-0.4, -0.2) is 43.6 Å². The van der Waals surface area contributed by atoms with E-state index in [2.05, 4.69) is 15.1 Å². The molecular formula is C18H23N5O3. The Balaban J connectivity index is 1.75. The molecule has 1 fully saturated rings. The van der Waals surface area contributed by atoms with Crippen LogP contribution in [-0.2, 0) is 11.3 Å². The van der Waals surface area contributed by atoms with Crippen molar-refractivity contribution in [3.8, 4) is 0 Å². The number of aromatic nitrogens is 4. The SMILES string of the molecule is Cc1nc([C@@H]2CCCN(C(=O)Cn3nc(C)c(C)cc3=O)C2)cc(=O)[nH]1.